The first-order valence-corrected chi connectivity index (χ1v) is 9.77. The van der Waals surface area contributed by atoms with Gasteiger partial charge >= 0.3 is 17.9 Å². The number of aliphatic hydroxyl groups excluding tert-OH is 1. The van der Waals surface area contributed by atoms with Crippen molar-refractivity contribution in [1.82, 2.24) is 0 Å². The van der Waals surface area contributed by atoms with E-state index in [1.54, 1.807) is 48.5 Å². The highest BCUT2D eigenvalue weighted by Gasteiger charge is 2.48. The highest BCUT2D eigenvalue weighted by molar-refractivity contribution is 5.90. The maximum absolute atomic E-state index is 12.5. The van der Waals surface area contributed by atoms with Crippen LogP contribution in [-0.4, -0.2) is 54.2 Å². The lowest BCUT2D eigenvalue weighted by atomic mass is 10.1. The maximum Gasteiger partial charge on any atom is 0.338 e. The van der Waals surface area contributed by atoms with Gasteiger partial charge in [0.1, 0.15) is 12.7 Å². The number of hydrogen-bond acceptors (Lipinski definition) is 8. The van der Waals surface area contributed by atoms with Gasteiger partial charge in [0.05, 0.1) is 11.1 Å². The molecule has 164 valence electrons. The minimum atomic E-state index is -1.44. The van der Waals surface area contributed by atoms with Crippen LogP contribution in [0.15, 0.2) is 48.5 Å². The first-order chi connectivity index (χ1) is 14.7. The number of aliphatic hydroxyl groups is 1. The summed E-state index contributed by atoms with van der Waals surface area (Å²) in [7, 11) is 0. The molecule has 1 fully saturated rings. The summed E-state index contributed by atoms with van der Waals surface area (Å²) < 4.78 is 21.2. The molecule has 4 atom stereocenters. The van der Waals surface area contributed by atoms with Gasteiger partial charge in [0, 0.05) is 6.92 Å². The highest BCUT2D eigenvalue weighted by atomic mass is 16.7. The number of carbonyl (C=O) groups excluding carboxylic acids is 3. The lowest BCUT2D eigenvalue weighted by molar-refractivity contribution is -0.187. The standard InChI is InChI=1S/C23H24O8/c1-13-4-8-16(9-5-13)21(26)28-12-18-20(19(25)23(30-18)29-15(3)24)31-22(27)17-10-6-14(2)7-11-17/h4-11,18-20,23,25H,12H2,1-3H3/t18?,19-,20-,23-/m0/s1. The molecule has 1 saturated heterocycles. The molecule has 3 rings (SSSR count). The van der Waals surface area contributed by atoms with Gasteiger partial charge in [0.15, 0.2) is 12.2 Å². The van der Waals surface area contributed by atoms with E-state index in [1.165, 1.54) is 0 Å². The summed E-state index contributed by atoms with van der Waals surface area (Å²) in [5.74, 6) is -1.96. The normalized spacial score (nSPS) is 22.6. The number of ether oxygens (including phenoxy) is 4. The lowest BCUT2D eigenvalue weighted by Gasteiger charge is -2.20. The van der Waals surface area contributed by atoms with Crippen molar-refractivity contribution in [3.63, 3.8) is 0 Å². The maximum atomic E-state index is 12.5. The molecule has 0 aromatic heterocycles. The molecule has 1 N–H and O–H groups in total. The van der Waals surface area contributed by atoms with E-state index in [-0.39, 0.29) is 12.2 Å². The van der Waals surface area contributed by atoms with Crippen LogP contribution in [0.5, 0.6) is 0 Å². The second-order valence-electron chi connectivity index (χ2n) is 7.34. The molecule has 0 aliphatic carbocycles. The first kappa shape index (κ1) is 22.5. The number of hydrogen-bond donors (Lipinski definition) is 1. The molecule has 1 unspecified atom stereocenters. The zero-order valence-electron chi connectivity index (χ0n) is 17.4. The molecule has 1 aliphatic heterocycles. The predicted octanol–water partition coefficient (Wildman–Crippen LogP) is 2.33. The molecule has 0 spiro atoms. The molecule has 8 heteroatoms. The molecule has 0 saturated carbocycles. The van der Waals surface area contributed by atoms with Crippen LogP contribution < -0.4 is 0 Å². The Bertz CT molecular complexity index is 935. The van der Waals surface area contributed by atoms with Crippen LogP contribution in [0.3, 0.4) is 0 Å². The van der Waals surface area contributed by atoms with Crippen LogP contribution in [0.25, 0.3) is 0 Å². The van der Waals surface area contributed by atoms with E-state index in [0.717, 1.165) is 18.1 Å². The van der Waals surface area contributed by atoms with Crippen LogP contribution in [0.1, 0.15) is 38.8 Å². The zero-order chi connectivity index (χ0) is 22.5. The summed E-state index contributed by atoms with van der Waals surface area (Å²) in [5.41, 5.74) is 2.58. The van der Waals surface area contributed by atoms with Gasteiger partial charge in [-0.3, -0.25) is 4.79 Å². The second-order valence-corrected chi connectivity index (χ2v) is 7.34. The Hall–Kier alpha value is -3.23. The van der Waals surface area contributed by atoms with Crippen molar-refractivity contribution < 1.29 is 38.4 Å². The van der Waals surface area contributed by atoms with Gasteiger partial charge in [-0.15, -0.1) is 0 Å². The van der Waals surface area contributed by atoms with Gasteiger partial charge in [-0.25, -0.2) is 9.59 Å². The molecule has 1 heterocycles. The van der Waals surface area contributed by atoms with Crippen molar-refractivity contribution in [3.8, 4) is 0 Å². The topological polar surface area (TPSA) is 108 Å². The average molecular weight is 428 g/mol. The summed E-state index contributed by atoms with van der Waals surface area (Å²) in [5, 5.41) is 10.5. The molecule has 1 aliphatic rings. The van der Waals surface area contributed by atoms with E-state index in [0.29, 0.717) is 5.56 Å². The summed E-state index contributed by atoms with van der Waals surface area (Å²) >= 11 is 0. The van der Waals surface area contributed by atoms with Crippen LogP contribution in [0.2, 0.25) is 0 Å². The third-order valence-electron chi connectivity index (χ3n) is 4.77. The molecule has 2 aromatic rings. The first-order valence-electron chi connectivity index (χ1n) is 9.77. The van der Waals surface area contributed by atoms with Crippen LogP contribution in [0, 0.1) is 13.8 Å². The van der Waals surface area contributed by atoms with Gasteiger partial charge in [0.2, 0.25) is 6.29 Å². The largest absolute Gasteiger partial charge is 0.459 e. The monoisotopic (exact) mass is 428 g/mol. The molecule has 31 heavy (non-hydrogen) atoms. The van der Waals surface area contributed by atoms with Crippen molar-refractivity contribution in [2.75, 3.05) is 6.61 Å². The molecular formula is C23H24O8. The fraction of sp³-hybridized carbons (Fsp3) is 0.348. The lowest BCUT2D eigenvalue weighted by Crippen LogP contribution is -2.39. The van der Waals surface area contributed by atoms with Crippen molar-refractivity contribution in [2.24, 2.45) is 0 Å². The Kier molecular flexibility index (Phi) is 7.04. The number of benzene rings is 2. The molecular weight excluding hydrogens is 404 g/mol. The number of rotatable bonds is 6. The SMILES string of the molecule is CC(=O)O[C@H]1OC(COC(=O)c2ccc(C)cc2)[C@H](OC(=O)c2ccc(C)cc2)[C@@H]1O. The van der Waals surface area contributed by atoms with E-state index in [2.05, 4.69) is 0 Å². The van der Waals surface area contributed by atoms with Crippen LogP contribution in [-0.2, 0) is 23.7 Å². The average Bonchev–Trinajstić information content (AvgIpc) is 3.01. The predicted molar refractivity (Wildman–Crippen MR) is 108 cm³/mol. The minimum absolute atomic E-state index is 0.282. The van der Waals surface area contributed by atoms with Gasteiger partial charge in [-0.05, 0) is 38.1 Å². The van der Waals surface area contributed by atoms with E-state index in [9.17, 15) is 19.5 Å². The third-order valence-corrected chi connectivity index (χ3v) is 4.77. The zero-order valence-corrected chi connectivity index (χ0v) is 17.4. The third kappa shape index (κ3) is 5.68. The van der Waals surface area contributed by atoms with Gasteiger partial charge in [0.25, 0.3) is 0 Å². The summed E-state index contributed by atoms with van der Waals surface area (Å²) in [6.07, 6.45) is -5.02. The Balaban J connectivity index is 1.70. The van der Waals surface area contributed by atoms with E-state index >= 15 is 0 Å². The quantitative estimate of drug-likeness (QED) is 0.552. The van der Waals surface area contributed by atoms with Gasteiger partial charge in [-0.1, -0.05) is 35.4 Å². The molecule has 0 bridgehead atoms. The van der Waals surface area contributed by atoms with E-state index < -0.39 is 42.5 Å². The molecule has 0 radical (unpaired) electrons. The minimum Gasteiger partial charge on any atom is -0.459 e. The number of esters is 3. The van der Waals surface area contributed by atoms with Gasteiger partial charge in [-0.2, -0.15) is 0 Å². The van der Waals surface area contributed by atoms with E-state index in [4.69, 9.17) is 18.9 Å². The Morgan fingerprint density at radius 1 is 0.871 bits per heavy atom. The summed E-state index contributed by atoms with van der Waals surface area (Å²) in [4.78, 5) is 36.1. The Labute approximate surface area is 179 Å². The van der Waals surface area contributed by atoms with Crippen molar-refractivity contribution >= 4 is 17.9 Å². The fourth-order valence-electron chi connectivity index (χ4n) is 3.06. The van der Waals surface area contributed by atoms with Crippen molar-refractivity contribution in [3.05, 3.63) is 70.8 Å². The Morgan fingerprint density at radius 2 is 1.39 bits per heavy atom. The Morgan fingerprint density at radius 3 is 1.90 bits per heavy atom. The highest BCUT2D eigenvalue weighted by Crippen LogP contribution is 2.27. The molecule has 8 nitrogen and oxygen atoms in total. The van der Waals surface area contributed by atoms with Gasteiger partial charge < -0.3 is 24.1 Å². The van der Waals surface area contributed by atoms with E-state index in [1.807, 2.05) is 13.8 Å². The van der Waals surface area contributed by atoms with Crippen LogP contribution >= 0.6 is 0 Å². The summed E-state index contributed by atoms with van der Waals surface area (Å²) in [6, 6.07) is 13.5. The number of carbonyl (C=O) groups is 3. The van der Waals surface area contributed by atoms with Crippen molar-refractivity contribution in [2.45, 2.75) is 45.4 Å². The number of aryl methyl sites for hydroxylation is 2. The smallest absolute Gasteiger partial charge is 0.338 e. The summed E-state index contributed by atoms with van der Waals surface area (Å²) in [6.45, 7) is 4.62. The molecule has 2 aromatic carbocycles. The van der Waals surface area contributed by atoms with Crippen molar-refractivity contribution in [1.29, 1.82) is 0 Å². The molecule has 0 amide bonds. The second kappa shape index (κ2) is 9.72. The van der Waals surface area contributed by atoms with Crippen LogP contribution in [0.4, 0.5) is 0 Å². The fourth-order valence-corrected chi connectivity index (χ4v) is 3.06.